The Morgan fingerprint density at radius 1 is 1.13 bits per heavy atom. The lowest BCUT2D eigenvalue weighted by Gasteiger charge is -2.39. The summed E-state index contributed by atoms with van der Waals surface area (Å²) in [5.74, 6) is -0.0628. The smallest absolute Gasteiger partial charge is 0.316 e. The summed E-state index contributed by atoms with van der Waals surface area (Å²) in [6.07, 6.45) is 4.54. The van der Waals surface area contributed by atoms with Crippen molar-refractivity contribution in [2.24, 2.45) is 0 Å². The SMILES string of the molecule is Cc1cccc(CCCOC(=O)C2(c3ccccc3)CCC2)n1. The monoisotopic (exact) mass is 309 g/mol. The van der Waals surface area contributed by atoms with Crippen molar-refractivity contribution in [3.05, 3.63) is 65.5 Å². The van der Waals surface area contributed by atoms with Gasteiger partial charge in [-0.2, -0.15) is 0 Å². The van der Waals surface area contributed by atoms with Crippen molar-refractivity contribution in [1.82, 2.24) is 4.98 Å². The average molecular weight is 309 g/mol. The van der Waals surface area contributed by atoms with Crippen LogP contribution in [0, 0.1) is 6.92 Å². The molecule has 1 aromatic heterocycles. The Labute approximate surface area is 137 Å². The lowest BCUT2D eigenvalue weighted by molar-refractivity contribution is -0.154. The van der Waals surface area contributed by atoms with Gasteiger partial charge >= 0.3 is 5.97 Å². The Morgan fingerprint density at radius 2 is 1.91 bits per heavy atom. The number of rotatable bonds is 6. The van der Waals surface area contributed by atoms with Crippen LogP contribution in [0.2, 0.25) is 0 Å². The fraction of sp³-hybridized carbons (Fsp3) is 0.400. The molecule has 0 saturated heterocycles. The summed E-state index contributed by atoms with van der Waals surface area (Å²) in [6, 6.07) is 16.1. The van der Waals surface area contributed by atoms with E-state index in [0.717, 1.165) is 49.1 Å². The van der Waals surface area contributed by atoms with Crippen molar-refractivity contribution >= 4 is 5.97 Å². The first-order valence-electron chi connectivity index (χ1n) is 8.36. The van der Waals surface area contributed by atoms with Gasteiger partial charge in [0.05, 0.1) is 12.0 Å². The van der Waals surface area contributed by atoms with Crippen molar-refractivity contribution in [3.63, 3.8) is 0 Å². The largest absolute Gasteiger partial charge is 0.465 e. The molecular weight excluding hydrogens is 286 g/mol. The lowest BCUT2D eigenvalue weighted by atomic mass is 9.64. The molecule has 1 fully saturated rings. The van der Waals surface area contributed by atoms with Gasteiger partial charge in [0.25, 0.3) is 0 Å². The standard InChI is InChI=1S/C20H23NO2/c1-16-8-5-11-18(21-16)12-6-15-23-19(22)20(13-7-14-20)17-9-3-2-4-10-17/h2-5,8-11H,6-7,12-15H2,1H3. The van der Waals surface area contributed by atoms with Crippen LogP contribution < -0.4 is 0 Å². The molecule has 0 unspecified atom stereocenters. The Bertz CT molecular complexity index is 662. The van der Waals surface area contributed by atoms with Gasteiger partial charge in [-0.3, -0.25) is 9.78 Å². The van der Waals surface area contributed by atoms with Crippen LogP contribution in [-0.2, 0) is 21.4 Å². The van der Waals surface area contributed by atoms with E-state index in [0.29, 0.717) is 6.61 Å². The van der Waals surface area contributed by atoms with Gasteiger partial charge in [-0.05, 0) is 50.3 Å². The quantitative estimate of drug-likeness (QED) is 0.598. The number of carbonyl (C=O) groups is 1. The molecule has 2 aromatic rings. The molecule has 120 valence electrons. The van der Waals surface area contributed by atoms with E-state index in [1.54, 1.807) is 0 Å². The normalized spacial score (nSPS) is 15.7. The number of hydrogen-bond donors (Lipinski definition) is 0. The molecule has 1 aliphatic carbocycles. The van der Waals surface area contributed by atoms with E-state index >= 15 is 0 Å². The van der Waals surface area contributed by atoms with Crippen LogP contribution in [0.5, 0.6) is 0 Å². The number of ether oxygens (including phenoxy) is 1. The first-order chi connectivity index (χ1) is 11.2. The first kappa shape index (κ1) is 15.7. The summed E-state index contributed by atoms with van der Waals surface area (Å²) in [7, 11) is 0. The zero-order valence-electron chi connectivity index (χ0n) is 13.6. The molecule has 0 N–H and O–H groups in total. The maximum Gasteiger partial charge on any atom is 0.316 e. The molecule has 3 rings (SSSR count). The summed E-state index contributed by atoms with van der Waals surface area (Å²) >= 11 is 0. The number of nitrogens with zero attached hydrogens (tertiary/aromatic N) is 1. The number of hydrogen-bond acceptors (Lipinski definition) is 3. The van der Waals surface area contributed by atoms with Gasteiger partial charge in [0, 0.05) is 11.4 Å². The van der Waals surface area contributed by atoms with Gasteiger partial charge in [0.1, 0.15) is 0 Å². The number of aromatic nitrogens is 1. The maximum atomic E-state index is 12.6. The molecule has 1 aliphatic rings. The minimum Gasteiger partial charge on any atom is -0.465 e. The zero-order chi connectivity index (χ0) is 16.1. The summed E-state index contributed by atoms with van der Waals surface area (Å²) in [5, 5.41) is 0. The van der Waals surface area contributed by atoms with Crippen molar-refractivity contribution < 1.29 is 9.53 Å². The van der Waals surface area contributed by atoms with Gasteiger partial charge in [-0.25, -0.2) is 0 Å². The van der Waals surface area contributed by atoms with Crippen LogP contribution in [0.15, 0.2) is 48.5 Å². The van der Waals surface area contributed by atoms with Crippen molar-refractivity contribution in [2.45, 2.75) is 44.4 Å². The molecule has 0 aliphatic heterocycles. The number of esters is 1. The van der Waals surface area contributed by atoms with Gasteiger partial charge in [0.15, 0.2) is 0 Å². The lowest BCUT2D eigenvalue weighted by Crippen LogP contribution is -2.43. The Balaban J connectivity index is 1.53. The zero-order valence-corrected chi connectivity index (χ0v) is 13.6. The second-order valence-corrected chi connectivity index (χ2v) is 6.31. The summed E-state index contributed by atoms with van der Waals surface area (Å²) < 4.78 is 5.59. The molecule has 1 heterocycles. The summed E-state index contributed by atoms with van der Waals surface area (Å²) in [6.45, 7) is 2.45. The highest BCUT2D eigenvalue weighted by atomic mass is 16.5. The number of aryl methyl sites for hydroxylation is 2. The molecule has 0 bridgehead atoms. The highest BCUT2D eigenvalue weighted by Gasteiger charge is 2.46. The molecule has 23 heavy (non-hydrogen) atoms. The Morgan fingerprint density at radius 3 is 2.57 bits per heavy atom. The van der Waals surface area contributed by atoms with Gasteiger partial charge in [-0.1, -0.05) is 42.8 Å². The molecular formula is C20H23NO2. The minimum atomic E-state index is -0.400. The molecule has 1 aromatic carbocycles. The third kappa shape index (κ3) is 3.44. The third-order valence-corrected chi connectivity index (χ3v) is 4.68. The van der Waals surface area contributed by atoms with Crippen LogP contribution >= 0.6 is 0 Å². The van der Waals surface area contributed by atoms with Gasteiger partial charge in [0.2, 0.25) is 0 Å². The topological polar surface area (TPSA) is 39.2 Å². The first-order valence-corrected chi connectivity index (χ1v) is 8.36. The molecule has 0 radical (unpaired) electrons. The fourth-order valence-electron chi connectivity index (χ4n) is 3.19. The molecule has 1 saturated carbocycles. The van der Waals surface area contributed by atoms with Crippen LogP contribution in [0.25, 0.3) is 0 Å². The van der Waals surface area contributed by atoms with E-state index in [4.69, 9.17) is 4.74 Å². The van der Waals surface area contributed by atoms with E-state index in [1.807, 2.05) is 55.5 Å². The van der Waals surface area contributed by atoms with E-state index < -0.39 is 5.41 Å². The number of benzene rings is 1. The summed E-state index contributed by atoms with van der Waals surface area (Å²) in [5.41, 5.74) is 2.78. The minimum absolute atomic E-state index is 0.0628. The number of carbonyl (C=O) groups excluding carboxylic acids is 1. The Kier molecular flexibility index (Phi) is 4.75. The van der Waals surface area contributed by atoms with Gasteiger partial charge < -0.3 is 4.74 Å². The molecule has 3 heteroatoms. The predicted octanol–water partition coefficient (Wildman–Crippen LogP) is 3.99. The summed E-state index contributed by atoms with van der Waals surface area (Å²) in [4.78, 5) is 17.0. The second-order valence-electron chi connectivity index (χ2n) is 6.31. The van der Waals surface area contributed by atoms with E-state index in [1.165, 1.54) is 0 Å². The molecule has 0 atom stereocenters. The van der Waals surface area contributed by atoms with Crippen molar-refractivity contribution in [1.29, 1.82) is 0 Å². The fourth-order valence-corrected chi connectivity index (χ4v) is 3.19. The second kappa shape index (κ2) is 6.95. The van der Waals surface area contributed by atoms with Gasteiger partial charge in [-0.15, -0.1) is 0 Å². The average Bonchev–Trinajstić information content (AvgIpc) is 2.52. The van der Waals surface area contributed by atoms with E-state index in [-0.39, 0.29) is 5.97 Å². The molecule has 0 spiro atoms. The molecule has 0 amide bonds. The van der Waals surface area contributed by atoms with Crippen LogP contribution in [0.4, 0.5) is 0 Å². The van der Waals surface area contributed by atoms with Crippen LogP contribution in [-0.4, -0.2) is 17.6 Å². The molecule has 3 nitrogen and oxygen atoms in total. The van der Waals surface area contributed by atoms with Crippen LogP contribution in [0.1, 0.15) is 42.6 Å². The highest BCUT2D eigenvalue weighted by molar-refractivity contribution is 5.84. The maximum absolute atomic E-state index is 12.6. The van der Waals surface area contributed by atoms with Crippen molar-refractivity contribution in [2.75, 3.05) is 6.61 Å². The van der Waals surface area contributed by atoms with E-state index in [2.05, 4.69) is 4.98 Å². The third-order valence-electron chi connectivity index (χ3n) is 4.68. The Hall–Kier alpha value is -2.16. The number of pyridine rings is 1. The predicted molar refractivity (Wildman–Crippen MR) is 90.2 cm³/mol. The van der Waals surface area contributed by atoms with Crippen molar-refractivity contribution in [3.8, 4) is 0 Å². The van der Waals surface area contributed by atoms with E-state index in [9.17, 15) is 4.79 Å². The van der Waals surface area contributed by atoms with Crippen LogP contribution in [0.3, 0.4) is 0 Å². The highest BCUT2D eigenvalue weighted by Crippen LogP contribution is 2.44.